The van der Waals surface area contributed by atoms with Crippen LogP contribution >= 0.6 is 0 Å². The van der Waals surface area contributed by atoms with E-state index >= 15 is 0 Å². The third kappa shape index (κ3) is 12.1. The molecule has 0 aromatic rings. The van der Waals surface area contributed by atoms with E-state index in [9.17, 15) is 0 Å². The molecule has 13 heavy (non-hydrogen) atoms. The second kappa shape index (κ2) is 5.07. The Morgan fingerprint density at radius 1 is 0.692 bits per heavy atom. The fourth-order valence-corrected chi connectivity index (χ4v) is 5.82. The summed E-state index contributed by atoms with van der Waals surface area (Å²) in [5.41, 5.74) is 0.312. The zero-order chi connectivity index (χ0) is 10.5. The van der Waals surface area contributed by atoms with Crippen LogP contribution in [-0.4, -0.2) is 0 Å². The van der Waals surface area contributed by atoms with E-state index < -0.39 is 24.6 Å². The van der Waals surface area contributed by atoms with Gasteiger partial charge in [-0.25, -0.2) is 0 Å². The summed E-state index contributed by atoms with van der Waals surface area (Å²) in [5, 5.41) is 0. The quantitative estimate of drug-likeness (QED) is 0.459. The molecule has 0 aromatic heterocycles. The van der Waals surface area contributed by atoms with Crippen molar-refractivity contribution in [3.05, 3.63) is 0 Å². The Kier molecular flexibility index (Phi) is 5.09. The molecule has 0 N–H and O–H groups in total. The van der Waals surface area contributed by atoms with Crippen molar-refractivity contribution in [3.8, 4) is 18.7 Å². The summed E-state index contributed by atoms with van der Waals surface area (Å²) in [6, 6.07) is 0. The maximum atomic E-state index is 3.30. The molecular weight excluding hydrogens is 345 g/mol. The molecule has 1 heteroatoms. The molecule has 0 aliphatic heterocycles. The molecule has 0 saturated heterocycles. The Balaban J connectivity index is 4.03. The predicted molar refractivity (Wildman–Crippen MR) is 54.5 cm³/mol. The van der Waals surface area contributed by atoms with E-state index in [1.165, 1.54) is 0 Å². The Bertz CT molecular complexity index is 235. The minimum absolute atomic E-state index is 0.156. The summed E-state index contributed by atoms with van der Waals surface area (Å²) in [4.78, 5) is 0. The van der Waals surface area contributed by atoms with Gasteiger partial charge >= 0.3 is 95.6 Å². The molecule has 0 bridgehead atoms. The normalized spacial score (nSPS) is 10.3. The van der Waals surface area contributed by atoms with E-state index in [4.69, 9.17) is 0 Å². The van der Waals surface area contributed by atoms with Crippen LogP contribution in [0.2, 0.25) is 0 Å². The van der Waals surface area contributed by atoms with Crippen molar-refractivity contribution in [2.45, 2.75) is 41.5 Å². The second-order valence-corrected chi connectivity index (χ2v) is 9.40. The fourth-order valence-electron chi connectivity index (χ4n) is 0.663. The molecule has 0 rings (SSSR count). The van der Waals surface area contributed by atoms with Crippen LogP contribution in [-0.2, 0) is 24.6 Å². The number of hydrogen-bond acceptors (Lipinski definition) is 0. The van der Waals surface area contributed by atoms with Gasteiger partial charge < -0.3 is 0 Å². The van der Waals surface area contributed by atoms with Gasteiger partial charge in [-0.05, 0) is 0 Å². The van der Waals surface area contributed by atoms with Crippen molar-refractivity contribution >= 4 is 0 Å². The molecule has 0 aromatic carbocycles. The van der Waals surface area contributed by atoms with Crippen LogP contribution in [0.4, 0.5) is 0 Å². The van der Waals surface area contributed by atoms with Crippen molar-refractivity contribution in [2.75, 3.05) is 0 Å². The molecule has 0 saturated carbocycles. The standard InChI is InChI=1S/2C6H9.Hg/c2*1-5-6(2,3)4;/h2*2-4H3;. The van der Waals surface area contributed by atoms with Crippen LogP contribution in [0.15, 0.2) is 0 Å². The Morgan fingerprint density at radius 2 is 1.00 bits per heavy atom. The van der Waals surface area contributed by atoms with Crippen LogP contribution in [0.25, 0.3) is 0 Å². The second-order valence-electron chi connectivity index (χ2n) is 5.28. The van der Waals surface area contributed by atoms with Crippen LogP contribution in [0.1, 0.15) is 41.5 Å². The molecule has 0 heterocycles. The summed E-state index contributed by atoms with van der Waals surface area (Å²) in [6.45, 7) is 12.9. The van der Waals surface area contributed by atoms with Gasteiger partial charge in [0, 0.05) is 0 Å². The first-order chi connectivity index (χ1) is 5.71. The van der Waals surface area contributed by atoms with Gasteiger partial charge in [0.15, 0.2) is 0 Å². The van der Waals surface area contributed by atoms with E-state index in [1.807, 2.05) is 0 Å². The molecule has 0 radical (unpaired) electrons. The van der Waals surface area contributed by atoms with Gasteiger partial charge in [-0.15, -0.1) is 0 Å². The minimum atomic E-state index is -1.17. The summed E-state index contributed by atoms with van der Waals surface area (Å²) >= 11 is -1.17. The monoisotopic (exact) mass is 364 g/mol. The summed E-state index contributed by atoms with van der Waals surface area (Å²) in [7, 11) is 0. The topological polar surface area (TPSA) is 0 Å². The van der Waals surface area contributed by atoms with Crippen molar-refractivity contribution in [3.63, 3.8) is 0 Å². The number of rotatable bonds is 0. The molecule has 0 aliphatic carbocycles. The molecule has 0 fully saturated rings. The summed E-state index contributed by atoms with van der Waals surface area (Å²) in [6.07, 6.45) is 0. The van der Waals surface area contributed by atoms with Crippen molar-refractivity contribution in [1.29, 1.82) is 0 Å². The van der Waals surface area contributed by atoms with Crippen LogP contribution in [0.5, 0.6) is 0 Å². The number of hydrogen-bond donors (Lipinski definition) is 0. The molecular formula is C12H18Hg. The first kappa shape index (κ1) is 13.1. The van der Waals surface area contributed by atoms with E-state index in [-0.39, 0.29) is 10.8 Å². The van der Waals surface area contributed by atoms with Gasteiger partial charge in [0.05, 0.1) is 0 Å². The Hall–Kier alpha value is 0.0551. The van der Waals surface area contributed by atoms with E-state index in [0.717, 1.165) is 0 Å². The van der Waals surface area contributed by atoms with Crippen molar-refractivity contribution in [1.82, 2.24) is 0 Å². The SMILES string of the molecule is CC(C)(C)C#[C][Hg][C]#CC(C)(C)C. The van der Waals surface area contributed by atoms with Crippen molar-refractivity contribution in [2.24, 2.45) is 10.8 Å². The molecule has 0 spiro atoms. The summed E-state index contributed by atoms with van der Waals surface area (Å²) < 4.78 is 6.59. The zero-order valence-electron chi connectivity index (χ0n) is 9.71. The van der Waals surface area contributed by atoms with Gasteiger partial charge in [0.2, 0.25) is 0 Å². The van der Waals surface area contributed by atoms with E-state index in [2.05, 4.69) is 60.2 Å². The van der Waals surface area contributed by atoms with Gasteiger partial charge in [-0.2, -0.15) is 0 Å². The Morgan fingerprint density at radius 3 is 1.23 bits per heavy atom. The Labute approximate surface area is 95.3 Å². The zero-order valence-corrected chi connectivity index (χ0v) is 15.2. The van der Waals surface area contributed by atoms with Crippen LogP contribution in [0.3, 0.4) is 0 Å². The van der Waals surface area contributed by atoms with Gasteiger partial charge in [-0.1, -0.05) is 0 Å². The molecule has 0 aliphatic rings. The van der Waals surface area contributed by atoms with Gasteiger partial charge in [-0.3, -0.25) is 0 Å². The van der Waals surface area contributed by atoms with Gasteiger partial charge in [0.25, 0.3) is 0 Å². The van der Waals surface area contributed by atoms with Crippen molar-refractivity contribution < 1.29 is 24.6 Å². The van der Waals surface area contributed by atoms with Gasteiger partial charge in [0.1, 0.15) is 0 Å². The average molecular weight is 363 g/mol. The first-order valence-corrected chi connectivity index (χ1v) is 10.2. The molecule has 0 unspecified atom stereocenters. The first-order valence-electron chi connectivity index (χ1n) is 4.71. The van der Waals surface area contributed by atoms with Crippen LogP contribution < -0.4 is 0 Å². The summed E-state index contributed by atoms with van der Waals surface area (Å²) in [5.74, 6) is 6.51. The van der Waals surface area contributed by atoms with E-state index in [0.29, 0.717) is 0 Å². The molecule has 68 valence electrons. The van der Waals surface area contributed by atoms with E-state index in [1.54, 1.807) is 0 Å². The molecule has 0 atom stereocenters. The maximum absolute atomic E-state index is 3.30. The third-order valence-corrected chi connectivity index (χ3v) is 3.85. The van der Waals surface area contributed by atoms with Crippen LogP contribution in [0, 0.1) is 29.5 Å². The molecule has 0 nitrogen and oxygen atoms in total. The molecule has 0 amide bonds. The average Bonchev–Trinajstić information content (AvgIpc) is 1.81. The predicted octanol–water partition coefficient (Wildman–Crippen LogP) is 3.08. The third-order valence-electron chi connectivity index (χ3n) is 1.10. The fraction of sp³-hybridized carbons (Fsp3) is 0.667.